The Bertz CT molecular complexity index is 358. The van der Waals surface area contributed by atoms with Crippen LogP contribution in [0.15, 0.2) is 38.0 Å². The number of esters is 3. The van der Waals surface area contributed by atoms with Gasteiger partial charge in [0, 0.05) is 5.57 Å². The zero-order chi connectivity index (χ0) is 15.4. The molecule has 1 atom stereocenters. The first-order valence-corrected chi connectivity index (χ1v) is 5.24. The summed E-state index contributed by atoms with van der Waals surface area (Å²) in [6.45, 7) is 14.6. The van der Waals surface area contributed by atoms with Gasteiger partial charge >= 0.3 is 17.9 Å². The lowest BCUT2D eigenvalue weighted by atomic mass is 10.3. The van der Waals surface area contributed by atoms with Crippen molar-refractivity contribution in [2.75, 3.05) is 6.61 Å². The fourth-order valence-corrected chi connectivity index (χ4v) is 0.721. The molecule has 1 rings (SSSR count). The van der Waals surface area contributed by atoms with Gasteiger partial charge in [0.05, 0.1) is 6.42 Å². The molecule has 1 fully saturated rings. The molecule has 0 spiro atoms. The second-order valence-corrected chi connectivity index (χ2v) is 3.18. The van der Waals surface area contributed by atoms with Crippen molar-refractivity contribution in [2.24, 2.45) is 0 Å². The molecule has 19 heavy (non-hydrogen) atoms. The Morgan fingerprint density at radius 1 is 1.53 bits per heavy atom. The third kappa shape index (κ3) is 9.49. The summed E-state index contributed by atoms with van der Waals surface area (Å²) in [6.07, 6.45) is 0.0992. The molecule has 1 aliphatic rings. The molecule has 0 aliphatic carbocycles. The molecule has 1 unspecified atom stereocenters. The van der Waals surface area contributed by atoms with E-state index >= 15 is 0 Å². The van der Waals surface area contributed by atoms with Gasteiger partial charge < -0.3 is 14.6 Å². The molecule has 0 amide bonds. The van der Waals surface area contributed by atoms with E-state index in [0.29, 0.717) is 5.57 Å². The van der Waals surface area contributed by atoms with E-state index in [4.69, 9.17) is 5.11 Å². The van der Waals surface area contributed by atoms with Gasteiger partial charge in [-0.15, -0.1) is 13.2 Å². The average molecular weight is 270 g/mol. The summed E-state index contributed by atoms with van der Waals surface area (Å²) in [5.74, 6) is -1.85. The van der Waals surface area contributed by atoms with E-state index in [9.17, 15) is 14.4 Å². The Balaban J connectivity index is 0. The van der Waals surface area contributed by atoms with Gasteiger partial charge in [-0.1, -0.05) is 19.2 Å². The topological polar surface area (TPSA) is 89.9 Å². The van der Waals surface area contributed by atoms with Crippen LogP contribution in [0.5, 0.6) is 0 Å². The van der Waals surface area contributed by atoms with E-state index in [1.807, 2.05) is 0 Å². The van der Waals surface area contributed by atoms with Crippen molar-refractivity contribution in [1.29, 1.82) is 0 Å². The highest BCUT2D eigenvalue weighted by molar-refractivity contribution is 5.95. The maximum atomic E-state index is 10.5. The molecule has 106 valence electrons. The van der Waals surface area contributed by atoms with E-state index in [-0.39, 0.29) is 19.0 Å². The van der Waals surface area contributed by atoms with Crippen LogP contribution >= 0.6 is 0 Å². The van der Waals surface area contributed by atoms with Gasteiger partial charge in [-0.25, -0.2) is 9.59 Å². The number of hydrogen-bond donors (Lipinski definition) is 1. The molecule has 1 N–H and O–H groups in total. The number of aliphatic hydroxyl groups is 1. The summed E-state index contributed by atoms with van der Waals surface area (Å²) in [5, 5.41) is 8.47. The molecule has 0 radical (unpaired) electrons. The van der Waals surface area contributed by atoms with Gasteiger partial charge in [0.2, 0.25) is 0 Å². The van der Waals surface area contributed by atoms with Gasteiger partial charge in [-0.2, -0.15) is 0 Å². The van der Waals surface area contributed by atoms with Crippen LogP contribution in [0.2, 0.25) is 0 Å². The van der Waals surface area contributed by atoms with E-state index < -0.39 is 18.0 Å². The zero-order valence-electron chi connectivity index (χ0n) is 10.9. The highest BCUT2D eigenvalue weighted by atomic mass is 16.6. The van der Waals surface area contributed by atoms with Gasteiger partial charge in [0.25, 0.3) is 0 Å². The Morgan fingerprint density at radius 2 is 2.05 bits per heavy atom. The zero-order valence-corrected chi connectivity index (χ0v) is 10.9. The van der Waals surface area contributed by atoms with Crippen molar-refractivity contribution in [3.8, 4) is 0 Å². The fraction of sp³-hybridized carbons (Fsp3) is 0.308. The Morgan fingerprint density at radius 3 is 2.26 bits per heavy atom. The number of carbonyl (C=O) groups excluding carboxylic acids is 3. The minimum Gasteiger partial charge on any atom is -0.458 e. The van der Waals surface area contributed by atoms with Crippen molar-refractivity contribution < 1.29 is 29.0 Å². The SMILES string of the molecule is C=C.C=CCOC(=O)C(=C)C.O=C1CC(O)C(=O)O1. The summed E-state index contributed by atoms with van der Waals surface area (Å²) in [5.41, 5.74) is 0.414. The molecular weight excluding hydrogens is 252 g/mol. The maximum Gasteiger partial charge on any atom is 0.343 e. The van der Waals surface area contributed by atoms with Crippen molar-refractivity contribution in [1.82, 2.24) is 0 Å². The number of hydrogen-bond acceptors (Lipinski definition) is 6. The van der Waals surface area contributed by atoms with Crippen LogP contribution in [-0.4, -0.2) is 35.7 Å². The number of carbonyl (C=O) groups is 3. The molecule has 0 bridgehead atoms. The number of cyclic esters (lactones) is 2. The normalized spacial score (nSPS) is 16.0. The standard InChI is InChI=1S/C7H10O2.C4H4O4.C2H4/c1-4-5-9-7(8)6(2)3;5-2-1-3(6)8-4(2)7;1-2/h4H,1-2,5H2,3H3;2,5H,1H2;1-2H2. The number of aliphatic hydroxyl groups excluding tert-OH is 1. The molecule has 1 aliphatic heterocycles. The largest absolute Gasteiger partial charge is 0.458 e. The summed E-state index contributed by atoms with van der Waals surface area (Å²) >= 11 is 0. The van der Waals surface area contributed by atoms with Crippen molar-refractivity contribution in [2.45, 2.75) is 19.4 Å². The smallest absolute Gasteiger partial charge is 0.343 e. The van der Waals surface area contributed by atoms with Crippen LogP contribution in [0.3, 0.4) is 0 Å². The monoisotopic (exact) mass is 270 g/mol. The second-order valence-electron chi connectivity index (χ2n) is 3.18. The van der Waals surface area contributed by atoms with Crippen molar-refractivity contribution in [3.05, 3.63) is 38.0 Å². The molecule has 1 heterocycles. The van der Waals surface area contributed by atoms with Gasteiger partial charge in [0.15, 0.2) is 6.10 Å². The van der Waals surface area contributed by atoms with Crippen LogP contribution in [0, 0.1) is 0 Å². The summed E-state index contributed by atoms with van der Waals surface area (Å²) in [4.78, 5) is 30.7. The van der Waals surface area contributed by atoms with Crippen LogP contribution in [-0.2, 0) is 23.9 Å². The lowest BCUT2D eigenvalue weighted by Crippen LogP contribution is -2.11. The van der Waals surface area contributed by atoms with Crippen LogP contribution in [0.1, 0.15) is 13.3 Å². The summed E-state index contributed by atoms with van der Waals surface area (Å²) in [6, 6.07) is 0. The predicted octanol–water partition coefficient (Wildman–Crippen LogP) is 0.915. The molecule has 0 aromatic carbocycles. The van der Waals surface area contributed by atoms with E-state index in [2.05, 4.69) is 35.8 Å². The van der Waals surface area contributed by atoms with E-state index in [0.717, 1.165) is 0 Å². The van der Waals surface area contributed by atoms with Crippen molar-refractivity contribution in [3.63, 3.8) is 0 Å². The first-order chi connectivity index (χ1) is 8.88. The highest BCUT2D eigenvalue weighted by Gasteiger charge is 2.30. The van der Waals surface area contributed by atoms with Crippen LogP contribution < -0.4 is 0 Å². The molecule has 6 nitrogen and oxygen atoms in total. The first kappa shape index (κ1) is 19.1. The molecule has 0 saturated carbocycles. The minimum absolute atomic E-state index is 0.196. The second kappa shape index (κ2) is 10.9. The van der Waals surface area contributed by atoms with Gasteiger partial charge in [-0.3, -0.25) is 4.79 Å². The highest BCUT2D eigenvalue weighted by Crippen LogP contribution is 2.05. The fourth-order valence-electron chi connectivity index (χ4n) is 0.721. The summed E-state index contributed by atoms with van der Waals surface area (Å²) in [7, 11) is 0. The van der Waals surface area contributed by atoms with Gasteiger partial charge in [0.1, 0.15) is 6.61 Å². The maximum absolute atomic E-state index is 10.5. The minimum atomic E-state index is -1.22. The molecular formula is C13H18O6. The van der Waals surface area contributed by atoms with Crippen LogP contribution in [0.4, 0.5) is 0 Å². The molecule has 1 saturated heterocycles. The molecule has 6 heteroatoms. The molecule has 0 aromatic rings. The van der Waals surface area contributed by atoms with Gasteiger partial charge in [-0.05, 0) is 6.92 Å². The predicted molar refractivity (Wildman–Crippen MR) is 68.9 cm³/mol. The average Bonchev–Trinajstić information content (AvgIpc) is 2.66. The van der Waals surface area contributed by atoms with E-state index in [1.165, 1.54) is 6.08 Å². The van der Waals surface area contributed by atoms with Crippen molar-refractivity contribution >= 4 is 17.9 Å². The number of rotatable bonds is 3. The Hall–Kier alpha value is -2.21. The first-order valence-electron chi connectivity index (χ1n) is 5.24. The number of ether oxygens (including phenoxy) is 2. The van der Waals surface area contributed by atoms with E-state index in [1.54, 1.807) is 6.92 Å². The third-order valence-corrected chi connectivity index (χ3v) is 1.53. The quantitative estimate of drug-likeness (QED) is 0.355. The van der Waals surface area contributed by atoms with Crippen LogP contribution in [0.25, 0.3) is 0 Å². The molecule has 0 aromatic heterocycles. The third-order valence-electron chi connectivity index (χ3n) is 1.53. The Labute approximate surface area is 112 Å². The lowest BCUT2D eigenvalue weighted by Gasteiger charge is -1.97. The lowest BCUT2D eigenvalue weighted by molar-refractivity contribution is -0.154. The Kier molecular flexibility index (Phi) is 11.0. The summed E-state index contributed by atoms with van der Waals surface area (Å²) < 4.78 is 8.54.